The van der Waals surface area contributed by atoms with Crippen LogP contribution in [0.4, 0.5) is 13.2 Å². The van der Waals surface area contributed by atoms with Crippen LogP contribution < -0.4 is 5.43 Å². The zero-order valence-corrected chi connectivity index (χ0v) is 24.5. The molecule has 3 aromatic rings. The van der Waals surface area contributed by atoms with E-state index in [1.807, 2.05) is 30.0 Å². The summed E-state index contributed by atoms with van der Waals surface area (Å²) in [7, 11) is -1.17. The highest BCUT2D eigenvalue weighted by Gasteiger charge is 2.29. The summed E-state index contributed by atoms with van der Waals surface area (Å²) >= 11 is 0. The minimum atomic E-state index is -4.29. The van der Waals surface area contributed by atoms with Crippen LogP contribution in [0.5, 0.6) is 0 Å². The Kier molecular flexibility index (Phi) is 8.87. The molecule has 0 saturated carbocycles. The molecule has 39 heavy (non-hydrogen) atoms. The fourth-order valence-electron chi connectivity index (χ4n) is 4.97. The van der Waals surface area contributed by atoms with Crippen molar-refractivity contribution in [2.24, 2.45) is 0 Å². The van der Waals surface area contributed by atoms with Crippen molar-refractivity contribution in [3.8, 4) is 0 Å². The first-order valence-electron chi connectivity index (χ1n) is 13.5. The molecule has 1 aliphatic rings. The minimum absolute atomic E-state index is 0.0461. The molecule has 6 nitrogen and oxygen atoms in total. The van der Waals surface area contributed by atoms with Gasteiger partial charge in [0.25, 0.3) is 0 Å². The normalized spacial score (nSPS) is 17.0. The third kappa shape index (κ3) is 7.29. The number of aromatic nitrogens is 3. The van der Waals surface area contributed by atoms with E-state index in [4.69, 9.17) is 4.74 Å². The summed E-state index contributed by atoms with van der Waals surface area (Å²) in [6, 6.07) is 4.94. The molecule has 0 atom stereocenters. The maximum atomic E-state index is 12.8. The quantitative estimate of drug-likeness (QED) is 0.165. The molecule has 1 saturated heterocycles. The Morgan fingerprint density at radius 3 is 2.49 bits per heavy atom. The van der Waals surface area contributed by atoms with Crippen molar-refractivity contribution in [2.45, 2.75) is 71.3 Å². The van der Waals surface area contributed by atoms with E-state index in [9.17, 15) is 18.0 Å². The number of pyridine rings is 2. The number of alkyl halides is 3. The first-order chi connectivity index (χ1) is 18.3. The second-order valence-corrected chi connectivity index (χ2v) is 17.5. The van der Waals surface area contributed by atoms with Gasteiger partial charge in [0.2, 0.25) is 0 Å². The highest BCUT2D eigenvalue weighted by molar-refractivity contribution is 6.76. The fourth-order valence-corrected chi connectivity index (χ4v) is 5.72. The molecule has 0 aromatic carbocycles. The van der Waals surface area contributed by atoms with Gasteiger partial charge in [-0.15, -0.1) is 0 Å². The fraction of sp³-hybridized carbons (Fsp3) is 0.517. The number of hydrogen-bond acceptors (Lipinski definition) is 4. The van der Waals surface area contributed by atoms with Crippen LogP contribution in [0.2, 0.25) is 25.7 Å². The predicted octanol–water partition coefficient (Wildman–Crippen LogP) is 6.76. The highest BCUT2D eigenvalue weighted by atomic mass is 28.3. The summed E-state index contributed by atoms with van der Waals surface area (Å²) < 4.78 is 48.5. The topological polar surface area (TPSA) is 52.3 Å². The lowest BCUT2D eigenvalue weighted by molar-refractivity contribution is -0.0913. The van der Waals surface area contributed by atoms with Crippen molar-refractivity contribution in [3.63, 3.8) is 0 Å². The van der Waals surface area contributed by atoms with Crippen molar-refractivity contribution in [3.05, 3.63) is 64.2 Å². The summed E-state index contributed by atoms with van der Waals surface area (Å²) in [4.78, 5) is 19.6. The molecule has 0 spiro atoms. The average Bonchev–Trinajstić information content (AvgIpc) is 3.28. The molecule has 0 amide bonds. The summed E-state index contributed by atoms with van der Waals surface area (Å²) in [5.41, 5.74) is 1.95. The van der Waals surface area contributed by atoms with Gasteiger partial charge in [-0.05, 0) is 38.8 Å². The Morgan fingerprint density at radius 2 is 1.82 bits per heavy atom. The predicted molar refractivity (Wildman–Crippen MR) is 154 cm³/mol. The molecule has 10 heteroatoms. The smallest absolute Gasteiger partial charge is 0.361 e. The van der Waals surface area contributed by atoms with E-state index in [1.54, 1.807) is 18.3 Å². The van der Waals surface area contributed by atoms with Gasteiger partial charge in [0.05, 0.1) is 10.9 Å². The van der Waals surface area contributed by atoms with Gasteiger partial charge >= 0.3 is 6.18 Å². The number of halogens is 3. The number of likely N-dealkylation sites (tertiary alicyclic amines) is 1. The van der Waals surface area contributed by atoms with Gasteiger partial charge in [0.1, 0.15) is 12.4 Å². The maximum absolute atomic E-state index is 12.8. The van der Waals surface area contributed by atoms with Crippen LogP contribution in [0.15, 0.2) is 58.8 Å². The molecule has 1 aliphatic heterocycles. The van der Waals surface area contributed by atoms with E-state index in [0.717, 1.165) is 73.7 Å². The van der Waals surface area contributed by atoms with E-state index in [0.29, 0.717) is 18.7 Å². The zero-order valence-electron chi connectivity index (χ0n) is 23.5. The van der Waals surface area contributed by atoms with Crippen LogP contribution >= 0.6 is 0 Å². The lowest BCUT2D eigenvalue weighted by Crippen LogP contribution is -2.36. The standard InChI is InChI=1S/C29H39F3N4O2Si/c1-21(6-7-22(2)29(30,31)32)19-34-12-8-23(9-13-34)36-15-11-26(37)25-18-33-28-24(27(25)36)10-14-35(28)20-38-16-17-39(3,4)5/h6-7,10-11,14-15,18,23H,8-9,12-13,16-17,19-20H2,1-5H3/b21-6+,22-7+. The molecule has 0 unspecified atom stereocenters. The van der Waals surface area contributed by atoms with Gasteiger partial charge in [-0.1, -0.05) is 37.4 Å². The highest BCUT2D eigenvalue weighted by Crippen LogP contribution is 2.30. The van der Waals surface area contributed by atoms with E-state index >= 15 is 0 Å². The number of ether oxygens (including phenoxy) is 1. The summed E-state index contributed by atoms with van der Waals surface area (Å²) in [6.07, 6.45) is 5.72. The molecule has 1 fully saturated rings. The molecule has 3 aromatic heterocycles. The molecule has 0 bridgehead atoms. The van der Waals surface area contributed by atoms with Crippen molar-refractivity contribution >= 4 is 30.0 Å². The van der Waals surface area contributed by atoms with E-state index in [2.05, 4.69) is 34.1 Å². The van der Waals surface area contributed by atoms with E-state index in [1.165, 1.54) is 0 Å². The first kappa shape index (κ1) is 29.3. The summed E-state index contributed by atoms with van der Waals surface area (Å²) in [5, 5.41) is 1.54. The van der Waals surface area contributed by atoms with Crippen molar-refractivity contribution in [2.75, 3.05) is 26.2 Å². The second kappa shape index (κ2) is 11.8. The molecule has 4 heterocycles. The Labute approximate surface area is 228 Å². The van der Waals surface area contributed by atoms with Crippen molar-refractivity contribution in [1.29, 1.82) is 0 Å². The van der Waals surface area contributed by atoms with Crippen LogP contribution in [0.1, 0.15) is 32.7 Å². The third-order valence-electron chi connectivity index (χ3n) is 7.39. The lowest BCUT2D eigenvalue weighted by Gasteiger charge is -2.34. The van der Waals surface area contributed by atoms with Gasteiger partial charge in [-0.3, -0.25) is 9.69 Å². The van der Waals surface area contributed by atoms with Gasteiger partial charge < -0.3 is 13.9 Å². The van der Waals surface area contributed by atoms with Crippen molar-refractivity contribution < 1.29 is 17.9 Å². The molecule has 0 aliphatic carbocycles. The number of hydrogen-bond donors (Lipinski definition) is 0. The summed E-state index contributed by atoms with van der Waals surface area (Å²) in [5.74, 6) is 0. The molecule has 0 N–H and O–H groups in total. The first-order valence-corrected chi connectivity index (χ1v) is 17.2. The second-order valence-electron chi connectivity index (χ2n) is 11.8. The van der Waals surface area contributed by atoms with Crippen LogP contribution in [-0.2, 0) is 11.5 Å². The summed E-state index contributed by atoms with van der Waals surface area (Å²) in [6.45, 7) is 13.4. The van der Waals surface area contributed by atoms with Gasteiger partial charge in [-0.2, -0.15) is 13.2 Å². The minimum Gasteiger partial charge on any atom is -0.361 e. The lowest BCUT2D eigenvalue weighted by atomic mass is 10.0. The molecule has 4 rings (SSSR count). The van der Waals surface area contributed by atoms with Crippen molar-refractivity contribution in [1.82, 2.24) is 19.0 Å². The Hall–Kier alpha value is -2.69. The van der Waals surface area contributed by atoms with Gasteiger partial charge in [0.15, 0.2) is 5.43 Å². The molecule has 0 radical (unpaired) electrons. The molecular formula is C29H39F3N4O2Si. The van der Waals surface area contributed by atoms with E-state index in [-0.39, 0.29) is 11.5 Å². The number of fused-ring (bicyclic) bond motifs is 3. The van der Waals surface area contributed by atoms with E-state index < -0.39 is 19.8 Å². The Bertz CT molecular complexity index is 1420. The van der Waals surface area contributed by atoms with Crippen LogP contribution in [-0.4, -0.2) is 59.5 Å². The number of allylic oxidation sites excluding steroid dienone is 3. The maximum Gasteiger partial charge on any atom is 0.412 e. The van der Waals surface area contributed by atoms with Crippen LogP contribution in [0, 0.1) is 0 Å². The molecular weight excluding hydrogens is 521 g/mol. The Balaban J connectivity index is 1.50. The number of nitrogens with zero attached hydrogens (tertiary/aromatic N) is 4. The monoisotopic (exact) mass is 560 g/mol. The zero-order chi connectivity index (χ0) is 28.4. The third-order valence-corrected chi connectivity index (χ3v) is 9.09. The van der Waals surface area contributed by atoms with Gasteiger partial charge in [-0.25, -0.2) is 4.98 Å². The molecule has 212 valence electrons. The number of rotatable bonds is 9. The largest absolute Gasteiger partial charge is 0.412 e. The van der Waals surface area contributed by atoms with Crippen LogP contribution in [0.25, 0.3) is 21.9 Å². The van der Waals surface area contributed by atoms with Gasteiger partial charge in [0, 0.05) is 76.0 Å². The SMILES string of the molecule is C/C(=C\C=C(/C)C(F)(F)F)CN1CCC(n2ccc(=O)c3cnc4c(ccn4COCC[Si](C)(C)C)c32)CC1. The Morgan fingerprint density at radius 1 is 1.10 bits per heavy atom. The van der Waals surface area contributed by atoms with Crippen LogP contribution in [0.3, 0.4) is 0 Å². The average molecular weight is 561 g/mol. The number of piperidine rings is 1.